The Hall–Kier alpha value is -8.07. The summed E-state index contributed by atoms with van der Waals surface area (Å²) >= 11 is 0. The zero-order valence-corrected chi connectivity index (χ0v) is 50.3. The molecule has 6 fully saturated rings. The van der Waals surface area contributed by atoms with Crippen LogP contribution in [0.1, 0.15) is 166 Å². The van der Waals surface area contributed by atoms with Gasteiger partial charge in [-0.3, -0.25) is 48.6 Å². The first-order valence-corrected chi connectivity index (χ1v) is 31.5. The highest BCUT2D eigenvalue weighted by molar-refractivity contribution is 6.25. The standard InChI is InChI=1S/C66H77FN12O8/c1-36(2)69-59(81)46-32-51(48(67)28-38(46)5)72-58-57-52(68-35-77(57)37(3)4)33-50(71-58)40-14-17-47-54(29-40)78(44-30-43(31-44)74-23-7-6-8-24-74)65(87)66(47)21-26-75(27-22-66)62(84)41-20-25-76(34-41)61(83)39-12-15-42(16-13-39)70-49-11-9-10-45-56(49)64(86)79(63(45)85)53-18-19-55(80)73-60(53)82/h9-11,14,17,28-29,32-33,35-37,39,41-44,53,70H,6-8,12-13,15-16,18-27,30-31,34H2,1-5H3,(H,69,81)(H,71,72)(H,73,80,82)/t39?,41-,42?,43?,44?,53?/m0/s1. The number of imidazole rings is 1. The lowest BCUT2D eigenvalue weighted by atomic mass is 9.73. The summed E-state index contributed by atoms with van der Waals surface area (Å²) in [5.41, 5.74) is 5.54. The van der Waals surface area contributed by atoms with Crippen LogP contribution in [0.5, 0.6) is 0 Å². The molecule has 13 rings (SSSR count). The van der Waals surface area contributed by atoms with Crippen LogP contribution in [0, 0.1) is 24.6 Å². The number of carbonyl (C=O) groups excluding carboxylic acids is 8. The molecule has 0 radical (unpaired) electrons. The van der Waals surface area contributed by atoms with Gasteiger partial charge < -0.3 is 40.1 Å². The van der Waals surface area contributed by atoms with Crippen LogP contribution in [0.4, 0.5) is 27.3 Å². The van der Waals surface area contributed by atoms with Crippen molar-refractivity contribution in [1.82, 2.24) is 44.8 Å². The number of amides is 8. The molecule has 2 saturated carbocycles. The molecule has 2 aliphatic carbocycles. The maximum absolute atomic E-state index is 16.0. The zero-order valence-electron chi connectivity index (χ0n) is 50.3. The third-order valence-electron chi connectivity index (χ3n) is 20.1. The van der Waals surface area contributed by atoms with Gasteiger partial charge in [0.1, 0.15) is 17.4 Å². The van der Waals surface area contributed by atoms with E-state index in [4.69, 9.17) is 9.97 Å². The van der Waals surface area contributed by atoms with Gasteiger partial charge in [-0.25, -0.2) is 14.4 Å². The van der Waals surface area contributed by atoms with E-state index in [1.165, 1.54) is 31.4 Å². The van der Waals surface area contributed by atoms with Crippen molar-refractivity contribution in [3.63, 3.8) is 0 Å². The van der Waals surface area contributed by atoms with Gasteiger partial charge >= 0.3 is 0 Å². The van der Waals surface area contributed by atoms with Gasteiger partial charge in [0.05, 0.1) is 45.7 Å². The lowest BCUT2D eigenvalue weighted by molar-refractivity contribution is -0.140. The molecule has 1 spiro atoms. The molecule has 8 aliphatic rings. The van der Waals surface area contributed by atoms with Crippen molar-refractivity contribution in [3.05, 3.63) is 94.6 Å². The average molecular weight is 1190 g/mol. The molecular formula is C66H77FN12O8. The fraction of sp³-hybridized carbons (Fsp3) is 0.515. The number of aromatic nitrogens is 3. The summed E-state index contributed by atoms with van der Waals surface area (Å²) in [7, 11) is 0. The minimum atomic E-state index is -1.06. The normalized spacial score (nSPS) is 24.7. The van der Waals surface area contributed by atoms with Crippen LogP contribution in [0.3, 0.4) is 0 Å². The van der Waals surface area contributed by atoms with E-state index in [0.717, 1.165) is 47.6 Å². The topological polar surface area (TPSA) is 232 Å². The molecule has 5 aromatic rings. The van der Waals surface area contributed by atoms with E-state index in [-0.39, 0.29) is 89.3 Å². The molecular weight excluding hydrogens is 1110 g/mol. The van der Waals surface area contributed by atoms with Gasteiger partial charge in [-0.05, 0) is 172 Å². The van der Waals surface area contributed by atoms with Gasteiger partial charge in [-0.1, -0.05) is 24.6 Å². The summed E-state index contributed by atoms with van der Waals surface area (Å²) in [5.74, 6) is -3.12. The molecule has 4 saturated heterocycles. The fourth-order valence-corrected chi connectivity index (χ4v) is 15.2. The molecule has 8 heterocycles. The summed E-state index contributed by atoms with van der Waals surface area (Å²) < 4.78 is 18.0. The molecule has 0 bridgehead atoms. The van der Waals surface area contributed by atoms with Crippen molar-refractivity contribution in [3.8, 4) is 11.3 Å². The first-order valence-electron chi connectivity index (χ1n) is 31.5. The van der Waals surface area contributed by atoms with Crippen molar-refractivity contribution in [1.29, 1.82) is 0 Å². The maximum Gasteiger partial charge on any atom is 0.264 e. The molecule has 1 unspecified atom stereocenters. The number of halogens is 1. The van der Waals surface area contributed by atoms with Crippen LogP contribution >= 0.6 is 0 Å². The number of fused-ring (bicyclic) bond motifs is 4. The number of rotatable bonds is 13. The van der Waals surface area contributed by atoms with Gasteiger partial charge in [0.2, 0.25) is 29.5 Å². The summed E-state index contributed by atoms with van der Waals surface area (Å²) in [4.78, 5) is 128. The minimum absolute atomic E-state index is 0.00219. The van der Waals surface area contributed by atoms with Gasteiger partial charge in [-0.15, -0.1) is 0 Å². The van der Waals surface area contributed by atoms with Crippen LogP contribution in [0.2, 0.25) is 0 Å². The summed E-state index contributed by atoms with van der Waals surface area (Å²) in [6.45, 7) is 13.3. The van der Waals surface area contributed by atoms with Crippen molar-refractivity contribution in [2.75, 3.05) is 54.8 Å². The lowest BCUT2D eigenvalue weighted by Crippen LogP contribution is -2.58. The number of nitrogens with one attached hydrogen (secondary N) is 4. The molecule has 2 atom stereocenters. The number of carbonyl (C=O) groups is 8. The van der Waals surface area contributed by atoms with E-state index < -0.39 is 40.9 Å². The summed E-state index contributed by atoms with van der Waals surface area (Å²) in [6, 6.07) is 15.2. The molecule has 8 amide bonds. The van der Waals surface area contributed by atoms with E-state index in [1.807, 2.05) is 54.2 Å². The molecule has 21 heteroatoms. The largest absolute Gasteiger partial charge is 0.382 e. The molecule has 4 N–H and O–H groups in total. The number of aryl methyl sites for hydroxylation is 1. The van der Waals surface area contributed by atoms with Gasteiger partial charge in [0, 0.05) is 91.2 Å². The smallest absolute Gasteiger partial charge is 0.264 e. The second-order valence-corrected chi connectivity index (χ2v) is 26.2. The molecule has 456 valence electrons. The average Bonchev–Trinajstić information content (AvgIpc) is 1.58. The number of benzene rings is 3. The quantitative estimate of drug-likeness (QED) is 0.0817. The number of nitrogens with zero attached hydrogens (tertiary/aromatic N) is 8. The predicted octanol–water partition coefficient (Wildman–Crippen LogP) is 8.15. The van der Waals surface area contributed by atoms with Crippen molar-refractivity contribution >= 4 is 81.2 Å². The van der Waals surface area contributed by atoms with Crippen molar-refractivity contribution < 1.29 is 42.7 Å². The molecule has 2 aromatic heterocycles. The van der Waals surface area contributed by atoms with Gasteiger partial charge in [0.15, 0.2) is 5.82 Å². The fourth-order valence-electron chi connectivity index (χ4n) is 15.2. The first kappa shape index (κ1) is 58.0. The minimum Gasteiger partial charge on any atom is -0.382 e. The Balaban J connectivity index is 0.691. The van der Waals surface area contributed by atoms with Gasteiger partial charge in [0.25, 0.3) is 17.7 Å². The van der Waals surface area contributed by atoms with E-state index in [9.17, 15) is 33.6 Å². The monoisotopic (exact) mass is 1180 g/mol. The van der Waals surface area contributed by atoms with E-state index >= 15 is 9.18 Å². The maximum atomic E-state index is 16.0. The Bertz CT molecular complexity index is 3660. The second kappa shape index (κ2) is 22.9. The Labute approximate surface area is 505 Å². The second-order valence-electron chi connectivity index (χ2n) is 26.2. The van der Waals surface area contributed by atoms with Crippen molar-refractivity contribution in [2.45, 2.75) is 166 Å². The summed E-state index contributed by atoms with van der Waals surface area (Å²) in [6.07, 6.45) is 11.3. The number of pyridine rings is 1. The highest BCUT2D eigenvalue weighted by Crippen LogP contribution is 2.53. The number of hydrogen-bond acceptors (Lipinski definition) is 13. The molecule has 87 heavy (non-hydrogen) atoms. The first-order chi connectivity index (χ1) is 41.8. The number of likely N-dealkylation sites (tertiary alicyclic amines) is 3. The summed E-state index contributed by atoms with van der Waals surface area (Å²) in [5, 5.41) is 11.9. The van der Waals surface area contributed by atoms with Crippen LogP contribution in [0.25, 0.3) is 22.3 Å². The Morgan fingerprint density at radius 1 is 0.759 bits per heavy atom. The Morgan fingerprint density at radius 2 is 1.51 bits per heavy atom. The number of anilines is 4. The predicted molar refractivity (Wildman–Crippen MR) is 325 cm³/mol. The molecule has 3 aromatic carbocycles. The van der Waals surface area contributed by atoms with Crippen LogP contribution in [0.15, 0.2) is 60.9 Å². The van der Waals surface area contributed by atoms with E-state index in [2.05, 4.69) is 43.2 Å². The Morgan fingerprint density at radius 3 is 2.23 bits per heavy atom. The van der Waals surface area contributed by atoms with E-state index in [0.29, 0.717) is 117 Å². The molecule has 6 aliphatic heterocycles. The van der Waals surface area contributed by atoms with Crippen LogP contribution in [-0.4, -0.2) is 151 Å². The molecule has 20 nitrogen and oxygen atoms in total. The Kier molecular flexibility index (Phi) is 15.3. The van der Waals surface area contributed by atoms with Crippen LogP contribution in [-0.2, 0) is 29.4 Å². The highest BCUT2D eigenvalue weighted by Gasteiger charge is 2.56. The SMILES string of the molecule is Cc1cc(F)c(Nc2nc(-c3ccc4c(c3)N(C3CC(N5CCCCC5)C3)C(=O)C43CCN(C(=O)[C@H]4CCN(C(=O)C5CCC(Nc6cccc7c6C(=O)N(C6CCC(=O)NC6=O)C7=O)CC5)C4)CC3)cc3ncn(C(C)C)c23)cc1C(=O)NC(C)C. The number of hydrogen-bond donors (Lipinski definition) is 4. The van der Waals surface area contributed by atoms with E-state index in [1.54, 1.807) is 31.5 Å². The highest BCUT2D eigenvalue weighted by atomic mass is 19.1. The third kappa shape index (κ3) is 10.4. The number of imide groups is 2. The lowest BCUT2D eigenvalue weighted by Gasteiger charge is -2.48. The van der Waals surface area contributed by atoms with Crippen molar-refractivity contribution in [2.24, 2.45) is 11.8 Å². The van der Waals surface area contributed by atoms with Crippen LogP contribution < -0.4 is 26.2 Å². The van der Waals surface area contributed by atoms with Gasteiger partial charge in [-0.2, -0.15) is 0 Å². The third-order valence-corrected chi connectivity index (χ3v) is 20.1. The zero-order chi connectivity index (χ0) is 60.7. The number of piperidine rings is 3.